The number of phenols is 1. The van der Waals surface area contributed by atoms with Crippen LogP contribution >= 0.6 is 0 Å². The van der Waals surface area contributed by atoms with Gasteiger partial charge in [0.1, 0.15) is 11.6 Å². The van der Waals surface area contributed by atoms with Crippen molar-refractivity contribution < 1.29 is 14.3 Å². The lowest BCUT2D eigenvalue weighted by Crippen LogP contribution is -2.53. The van der Waals surface area contributed by atoms with Gasteiger partial charge in [-0.25, -0.2) is 9.37 Å². The number of nitrogens with zero attached hydrogens (tertiary/aromatic N) is 3. The first-order valence-corrected chi connectivity index (χ1v) is 10.9. The van der Waals surface area contributed by atoms with E-state index in [4.69, 9.17) is 0 Å². The van der Waals surface area contributed by atoms with Gasteiger partial charge in [-0.3, -0.25) is 9.89 Å². The minimum Gasteiger partial charge on any atom is -0.508 e. The number of aromatic hydroxyl groups is 1. The van der Waals surface area contributed by atoms with Gasteiger partial charge in [0, 0.05) is 36.8 Å². The fourth-order valence-corrected chi connectivity index (χ4v) is 4.41. The van der Waals surface area contributed by atoms with Gasteiger partial charge in [-0.2, -0.15) is 5.10 Å². The molecule has 1 saturated heterocycles. The number of pyridine rings is 1. The molecule has 0 aliphatic carbocycles. The highest BCUT2D eigenvalue weighted by molar-refractivity contribution is 6.07. The Morgan fingerprint density at radius 1 is 1.18 bits per heavy atom. The molecule has 3 N–H and O–H groups in total. The Kier molecular flexibility index (Phi) is 5.30. The molecule has 0 spiro atoms. The van der Waals surface area contributed by atoms with Gasteiger partial charge in [-0.15, -0.1) is 0 Å². The number of amides is 1. The normalized spacial score (nSPS) is 18.6. The van der Waals surface area contributed by atoms with Crippen molar-refractivity contribution >= 4 is 16.9 Å². The molecule has 33 heavy (non-hydrogen) atoms. The number of carbonyl (C=O) groups is 1. The van der Waals surface area contributed by atoms with Crippen molar-refractivity contribution in [2.45, 2.75) is 25.9 Å². The van der Waals surface area contributed by atoms with Gasteiger partial charge in [0.05, 0.1) is 22.3 Å². The highest BCUT2D eigenvalue weighted by atomic mass is 19.1. The van der Waals surface area contributed by atoms with E-state index in [1.165, 1.54) is 12.1 Å². The third kappa shape index (κ3) is 3.82. The summed E-state index contributed by atoms with van der Waals surface area (Å²) >= 11 is 0. The standard InChI is InChI=1S/C25H24FN5O2/c1-14-12-27-22(16-6-4-3-5-7-16)13-31(14)25(33)19-11-21(18-9-8-17(32)10-20(18)26)28-24-23(19)15(2)29-30-24/h3-11,14,22,27,32H,12-13H2,1-2H3,(H,28,29,30). The Hall–Kier alpha value is -3.78. The van der Waals surface area contributed by atoms with Crippen molar-refractivity contribution in [1.82, 2.24) is 25.4 Å². The SMILES string of the molecule is Cc1n[nH]c2nc(-c3ccc(O)cc3F)cc(C(=O)N3CC(c4ccccc4)NCC3C)c12. The average molecular weight is 445 g/mol. The number of phenolic OH excluding ortho intramolecular Hbond substituents is 1. The van der Waals surface area contributed by atoms with Gasteiger partial charge in [-0.1, -0.05) is 30.3 Å². The first-order valence-electron chi connectivity index (χ1n) is 10.9. The molecule has 4 aromatic rings. The average Bonchev–Trinajstić information content (AvgIpc) is 3.19. The van der Waals surface area contributed by atoms with Gasteiger partial charge in [0.15, 0.2) is 5.65 Å². The van der Waals surface area contributed by atoms with Crippen molar-refractivity contribution in [3.8, 4) is 17.0 Å². The highest BCUT2D eigenvalue weighted by Crippen LogP contribution is 2.31. The number of benzene rings is 2. The Morgan fingerprint density at radius 2 is 1.97 bits per heavy atom. The van der Waals surface area contributed by atoms with E-state index in [0.717, 1.165) is 11.6 Å². The van der Waals surface area contributed by atoms with Crippen molar-refractivity contribution in [1.29, 1.82) is 0 Å². The number of aromatic nitrogens is 3. The zero-order valence-corrected chi connectivity index (χ0v) is 18.3. The summed E-state index contributed by atoms with van der Waals surface area (Å²) in [5.74, 6) is -0.939. The van der Waals surface area contributed by atoms with E-state index in [0.29, 0.717) is 41.1 Å². The number of halogens is 1. The van der Waals surface area contributed by atoms with Crippen molar-refractivity contribution in [2.75, 3.05) is 13.1 Å². The third-order valence-corrected chi connectivity index (χ3v) is 6.20. The number of hydrogen-bond acceptors (Lipinski definition) is 5. The lowest BCUT2D eigenvalue weighted by Gasteiger charge is -2.39. The number of rotatable bonds is 3. The van der Waals surface area contributed by atoms with E-state index in [9.17, 15) is 14.3 Å². The third-order valence-electron chi connectivity index (χ3n) is 6.20. The number of piperazine rings is 1. The van der Waals surface area contributed by atoms with Crippen LogP contribution in [0, 0.1) is 12.7 Å². The van der Waals surface area contributed by atoms with Crippen LogP contribution in [0.1, 0.15) is 34.6 Å². The summed E-state index contributed by atoms with van der Waals surface area (Å²) in [5.41, 5.74) is 3.12. The molecule has 1 aliphatic heterocycles. The Labute approximate surface area is 190 Å². The maximum atomic E-state index is 14.6. The molecule has 8 heteroatoms. The summed E-state index contributed by atoms with van der Waals surface area (Å²) in [4.78, 5) is 20.2. The molecule has 1 aliphatic rings. The lowest BCUT2D eigenvalue weighted by atomic mass is 9.99. The number of aromatic amines is 1. The highest BCUT2D eigenvalue weighted by Gasteiger charge is 2.32. The number of carbonyl (C=O) groups excluding carboxylic acids is 1. The monoisotopic (exact) mass is 445 g/mol. The molecule has 168 valence electrons. The summed E-state index contributed by atoms with van der Waals surface area (Å²) in [6.07, 6.45) is 0. The summed E-state index contributed by atoms with van der Waals surface area (Å²) in [5, 5.41) is 20.8. The smallest absolute Gasteiger partial charge is 0.255 e. The summed E-state index contributed by atoms with van der Waals surface area (Å²) < 4.78 is 14.6. The largest absolute Gasteiger partial charge is 0.508 e. The molecule has 2 aromatic heterocycles. The molecular weight excluding hydrogens is 421 g/mol. The van der Waals surface area contributed by atoms with Gasteiger partial charge in [-0.05, 0) is 37.6 Å². The van der Waals surface area contributed by atoms with Crippen molar-refractivity contribution in [3.63, 3.8) is 0 Å². The summed E-state index contributed by atoms with van der Waals surface area (Å²) in [6, 6.07) is 15.5. The van der Waals surface area contributed by atoms with Crippen molar-refractivity contribution in [3.05, 3.63) is 77.2 Å². The molecule has 1 amide bonds. The number of H-pyrrole nitrogens is 1. The van der Waals surface area contributed by atoms with Crippen LogP contribution < -0.4 is 5.32 Å². The van der Waals surface area contributed by atoms with Gasteiger partial charge in [0.2, 0.25) is 0 Å². The number of nitrogens with one attached hydrogen (secondary N) is 2. The summed E-state index contributed by atoms with van der Waals surface area (Å²) in [6.45, 7) is 4.98. The molecule has 0 saturated carbocycles. The van der Waals surface area contributed by atoms with Crippen LogP contribution in [0.25, 0.3) is 22.3 Å². The minimum absolute atomic E-state index is 0.0168. The maximum Gasteiger partial charge on any atom is 0.255 e. The fraction of sp³-hybridized carbons (Fsp3) is 0.240. The van der Waals surface area contributed by atoms with Crippen LogP contribution in [0.15, 0.2) is 54.6 Å². The Bertz CT molecular complexity index is 1340. The van der Waals surface area contributed by atoms with E-state index in [1.807, 2.05) is 49.1 Å². The second-order valence-corrected chi connectivity index (χ2v) is 8.43. The quantitative estimate of drug-likeness (QED) is 0.444. The second kappa shape index (κ2) is 8.29. The predicted molar refractivity (Wildman–Crippen MR) is 123 cm³/mol. The van der Waals surface area contributed by atoms with E-state index in [2.05, 4.69) is 20.5 Å². The molecule has 0 radical (unpaired) electrons. The van der Waals surface area contributed by atoms with Crippen LogP contribution in [-0.2, 0) is 0 Å². The predicted octanol–water partition coefficient (Wildman–Crippen LogP) is 3.95. The van der Waals surface area contributed by atoms with E-state index >= 15 is 0 Å². The van der Waals surface area contributed by atoms with Crippen LogP contribution in [-0.4, -0.2) is 50.2 Å². The fourth-order valence-electron chi connectivity index (χ4n) is 4.41. The van der Waals surface area contributed by atoms with Crippen LogP contribution in [0.3, 0.4) is 0 Å². The lowest BCUT2D eigenvalue weighted by molar-refractivity contribution is 0.0609. The number of hydrogen-bond donors (Lipinski definition) is 3. The molecule has 5 rings (SSSR count). The topological polar surface area (TPSA) is 94.1 Å². The van der Waals surface area contributed by atoms with Gasteiger partial charge < -0.3 is 15.3 Å². The van der Waals surface area contributed by atoms with Crippen LogP contribution in [0.5, 0.6) is 5.75 Å². The first kappa shape index (κ1) is 21.1. The molecule has 2 aromatic carbocycles. The zero-order valence-electron chi connectivity index (χ0n) is 18.3. The van der Waals surface area contributed by atoms with Crippen LogP contribution in [0.4, 0.5) is 4.39 Å². The molecule has 2 atom stereocenters. The molecule has 2 unspecified atom stereocenters. The Morgan fingerprint density at radius 3 is 2.73 bits per heavy atom. The zero-order chi connectivity index (χ0) is 23.1. The van der Waals surface area contributed by atoms with Crippen LogP contribution in [0.2, 0.25) is 0 Å². The Balaban J connectivity index is 1.58. The maximum absolute atomic E-state index is 14.6. The van der Waals surface area contributed by atoms with E-state index in [-0.39, 0.29) is 29.3 Å². The molecule has 0 bridgehead atoms. The number of fused-ring (bicyclic) bond motifs is 1. The molecule has 3 heterocycles. The molecule has 1 fully saturated rings. The van der Waals surface area contributed by atoms with E-state index in [1.54, 1.807) is 6.07 Å². The molecular formula is C25H24FN5O2. The van der Waals surface area contributed by atoms with Gasteiger partial charge >= 0.3 is 0 Å². The van der Waals surface area contributed by atoms with Gasteiger partial charge in [0.25, 0.3) is 5.91 Å². The second-order valence-electron chi connectivity index (χ2n) is 8.43. The van der Waals surface area contributed by atoms with E-state index < -0.39 is 5.82 Å². The van der Waals surface area contributed by atoms with Crippen molar-refractivity contribution in [2.24, 2.45) is 0 Å². The number of aryl methyl sites for hydroxylation is 1. The molecule has 7 nitrogen and oxygen atoms in total. The minimum atomic E-state index is -0.615. The first-order chi connectivity index (χ1) is 15.9. The summed E-state index contributed by atoms with van der Waals surface area (Å²) in [7, 11) is 0.